The Labute approximate surface area is 146 Å². The molecule has 1 fully saturated rings. The normalized spacial score (nSPS) is 23.1. The minimum Gasteiger partial charge on any atom is -0.307 e. The van der Waals surface area contributed by atoms with Gasteiger partial charge in [-0.3, -0.25) is 0 Å². The van der Waals surface area contributed by atoms with Gasteiger partial charge in [0.05, 0.1) is 0 Å². The number of hydrogen-bond donors (Lipinski definition) is 1. The smallest absolute Gasteiger partial charge is 0.0294 e. The van der Waals surface area contributed by atoms with Gasteiger partial charge in [-0.2, -0.15) is 0 Å². The van der Waals surface area contributed by atoms with Crippen molar-refractivity contribution in [3.05, 3.63) is 71.3 Å². The van der Waals surface area contributed by atoms with Gasteiger partial charge in [0, 0.05) is 18.6 Å². The van der Waals surface area contributed by atoms with Crippen LogP contribution in [0, 0.1) is 12.8 Å². The van der Waals surface area contributed by atoms with Crippen molar-refractivity contribution < 1.29 is 0 Å². The molecular formula is C22H30N2. The third-order valence-electron chi connectivity index (χ3n) is 5.32. The Balaban J connectivity index is 1.68. The fourth-order valence-corrected chi connectivity index (χ4v) is 3.83. The van der Waals surface area contributed by atoms with Gasteiger partial charge in [-0.1, -0.05) is 60.2 Å². The molecular weight excluding hydrogens is 292 g/mol. The monoisotopic (exact) mass is 322 g/mol. The number of aryl methyl sites for hydroxylation is 1. The molecule has 0 amide bonds. The van der Waals surface area contributed by atoms with E-state index < -0.39 is 0 Å². The quantitative estimate of drug-likeness (QED) is 0.887. The summed E-state index contributed by atoms with van der Waals surface area (Å²) in [5.41, 5.74) is 4.18. The van der Waals surface area contributed by atoms with E-state index in [0.29, 0.717) is 18.0 Å². The number of rotatable bonds is 5. The molecule has 2 heteroatoms. The second-order valence-corrected chi connectivity index (χ2v) is 7.41. The fraction of sp³-hybridized carbons (Fsp3) is 0.455. The molecule has 1 aliphatic heterocycles. The summed E-state index contributed by atoms with van der Waals surface area (Å²) in [6.45, 7) is 6.80. The van der Waals surface area contributed by atoms with Gasteiger partial charge in [-0.15, -0.1) is 0 Å². The Kier molecular flexibility index (Phi) is 5.70. The van der Waals surface area contributed by atoms with Crippen LogP contribution >= 0.6 is 0 Å². The van der Waals surface area contributed by atoms with Gasteiger partial charge < -0.3 is 10.2 Å². The number of benzene rings is 2. The van der Waals surface area contributed by atoms with Gasteiger partial charge in [0.1, 0.15) is 0 Å². The fourth-order valence-electron chi connectivity index (χ4n) is 3.83. The van der Waals surface area contributed by atoms with Crippen LogP contribution in [0.1, 0.15) is 36.1 Å². The molecule has 0 spiro atoms. The lowest BCUT2D eigenvalue weighted by Gasteiger charge is -2.39. The largest absolute Gasteiger partial charge is 0.307 e. The first-order valence-electron chi connectivity index (χ1n) is 9.17. The number of piperidine rings is 1. The average molecular weight is 322 g/mol. The molecule has 3 atom stereocenters. The summed E-state index contributed by atoms with van der Waals surface area (Å²) in [5.74, 6) is 0.664. The van der Waals surface area contributed by atoms with E-state index in [0.717, 1.165) is 6.42 Å². The molecule has 1 N–H and O–H groups in total. The molecule has 2 nitrogen and oxygen atoms in total. The molecule has 0 radical (unpaired) electrons. The lowest BCUT2D eigenvalue weighted by Crippen LogP contribution is -2.49. The molecule has 1 aliphatic rings. The topological polar surface area (TPSA) is 15.3 Å². The Hall–Kier alpha value is -1.64. The van der Waals surface area contributed by atoms with Crippen LogP contribution in [0.15, 0.2) is 54.6 Å². The number of hydrogen-bond acceptors (Lipinski definition) is 2. The summed E-state index contributed by atoms with van der Waals surface area (Å²) in [6, 6.07) is 20.8. The van der Waals surface area contributed by atoms with Gasteiger partial charge in [0.2, 0.25) is 0 Å². The second-order valence-electron chi connectivity index (χ2n) is 7.41. The maximum atomic E-state index is 3.91. The number of nitrogens with zero attached hydrogens (tertiary/aromatic N) is 1. The molecule has 1 heterocycles. The maximum Gasteiger partial charge on any atom is 0.0294 e. The lowest BCUT2D eigenvalue weighted by atomic mass is 9.86. The van der Waals surface area contributed by atoms with E-state index in [1.54, 1.807) is 0 Å². The van der Waals surface area contributed by atoms with E-state index in [9.17, 15) is 0 Å². The van der Waals surface area contributed by atoms with Crippen molar-refractivity contribution in [3.63, 3.8) is 0 Å². The van der Waals surface area contributed by atoms with Crippen molar-refractivity contribution >= 4 is 0 Å². The Morgan fingerprint density at radius 1 is 1.08 bits per heavy atom. The van der Waals surface area contributed by atoms with Gasteiger partial charge in [0.15, 0.2) is 0 Å². The molecule has 0 bridgehead atoms. The highest BCUT2D eigenvalue weighted by Gasteiger charge is 2.28. The van der Waals surface area contributed by atoms with Crippen molar-refractivity contribution in [3.8, 4) is 0 Å². The van der Waals surface area contributed by atoms with Crippen molar-refractivity contribution in [2.45, 2.75) is 38.8 Å². The SMILES string of the molecule is Cc1ccc(C[C@@H]2CN(C)CC[C@@H]2N[C@@H](C)c2ccccc2)cc1. The number of likely N-dealkylation sites (tertiary alicyclic amines) is 1. The molecule has 2 aromatic carbocycles. The van der Waals surface area contributed by atoms with E-state index >= 15 is 0 Å². The first-order valence-corrected chi connectivity index (χ1v) is 9.17. The molecule has 2 aromatic rings. The van der Waals surface area contributed by atoms with Crippen LogP contribution in [0.2, 0.25) is 0 Å². The van der Waals surface area contributed by atoms with Crippen molar-refractivity contribution in [1.29, 1.82) is 0 Å². The van der Waals surface area contributed by atoms with E-state index in [4.69, 9.17) is 0 Å². The first-order chi connectivity index (χ1) is 11.6. The molecule has 24 heavy (non-hydrogen) atoms. The summed E-state index contributed by atoms with van der Waals surface area (Å²) >= 11 is 0. The highest BCUT2D eigenvalue weighted by atomic mass is 15.1. The van der Waals surface area contributed by atoms with Crippen LogP contribution in [-0.4, -0.2) is 31.1 Å². The minimum absolute atomic E-state index is 0.403. The lowest BCUT2D eigenvalue weighted by molar-refractivity contribution is 0.156. The summed E-state index contributed by atoms with van der Waals surface area (Å²) in [5, 5.41) is 3.91. The van der Waals surface area contributed by atoms with Crippen LogP contribution in [0.4, 0.5) is 0 Å². The maximum absolute atomic E-state index is 3.91. The van der Waals surface area contributed by atoms with Crippen molar-refractivity contribution in [2.75, 3.05) is 20.1 Å². The molecule has 3 rings (SSSR count). The summed E-state index contributed by atoms with van der Waals surface area (Å²) in [7, 11) is 2.25. The third kappa shape index (κ3) is 4.46. The molecule has 128 valence electrons. The summed E-state index contributed by atoms with van der Waals surface area (Å²) in [4.78, 5) is 2.48. The Morgan fingerprint density at radius 3 is 2.50 bits per heavy atom. The van der Waals surface area contributed by atoms with Crippen LogP contribution in [-0.2, 0) is 6.42 Å². The van der Waals surface area contributed by atoms with Crippen LogP contribution < -0.4 is 5.32 Å². The van der Waals surface area contributed by atoms with E-state index in [1.165, 1.54) is 36.2 Å². The zero-order chi connectivity index (χ0) is 16.9. The second kappa shape index (κ2) is 7.96. The molecule has 0 aliphatic carbocycles. The van der Waals surface area contributed by atoms with Gasteiger partial charge in [0.25, 0.3) is 0 Å². The van der Waals surface area contributed by atoms with Gasteiger partial charge in [-0.05, 0) is 57.3 Å². The summed E-state index contributed by atoms with van der Waals surface area (Å²) in [6.07, 6.45) is 2.38. The van der Waals surface area contributed by atoms with Crippen LogP contribution in [0.25, 0.3) is 0 Å². The van der Waals surface area contributed by atoms with Crippen LogP contribution in [0.3, 0.4) is 0 Å². The zero-order valence-corrected chi connectivity index (χ0v) is 15.2. The average Bonchev–Trinajstić information content (AvgIpc) is 2.60. The molecule has 1 saturated heterocycles. The standard InChI is InChI=1S/C22H30N2/c1-17-9-11-19(12-10-17)15-21-16-24(3)14-13-22(21)23-18(2)20-7-5-4-6-8-20/h4-12,18,21-23H,13-16H2,1-3H3/t18-,21+,22-/m0/s1. The van der Waals surface area contributed by atoms with E-state index in [-0.39, 0.29) is 0 Å². The number of nitrogens with one attached hydrogen (secondary N) is 1. The Morgan fingerprint density at radius 2 is 1.79 bits per heavy atom. The van der Waals surface area contributed by atoms with Crippen molar-refractivity contribution in [2.24, 2.45) is 5.92 Å². The highest BCUT2D eigenvalue weighted by molar-refractivity contribution is 5.22. The molecule has 0 saturated carbocycles. The van der Waals surface area contributed by atoms with Gasteiger partial charge >= 0.3 is 0 Å². The molecule has 0 unspecified atom stereocenters. The molecule has 0 aromatic heterocycles. The zero-order valence-electron chi connectivity index (χ0n) is 15.2. The highest BCUT2D eigenvalue weighted by Crippen LogP contribution is 2.24. The van der Waals surface area contributed by atoms with Crippen molar-refractivity contribution in [1.82, 2.24) is 10.2 Å². The predicted molar refractivity (Wildman–Crippen MR) is 102 cm³/mol. The third-order valence-corrected chi connectivity index (χ3v) is 5.32. The minimum atomic E-state index is 0.403. The first kappa shape index (κ1) is 17.2. The summed E-state index contributed by atoms with van der Waals surface area (Å²) < 4.78 is 0. The van der Waals surface area contributed by atoms with Gasteiger partial charge in [-0.25, -0.2) is 0 Å². The van der Waals surface area contributed by atoms with E-state index in [2.05, 4.69) is 85.7 Å². The van der Waals surface area contributed by atoms with Crippen LogP contribution in [0.5, 0.6) is 0 Å². The van der Waals surface area contributed by atoms with E-state index in [1.807, 2.05) is 0 Å². The Bertz CT molecular complexity index is 620. The predicted octanol–water partition coefficient (Wildman–Crippen LogP) is 4.21.